The normalized spacial score (nSPS) is 10.8. The zero-order valence-corrected chi connectivity index (χ0v) is 11.6. The van der Waals surface area contributed by atoms with Crippen LogP contribution in [0.4, 0.5) is 4.39 Å². The monoisotopic (exact) mass is 272 g/mol. The van der Waals surface area contributed by atoms with Crippen molar-refractivity contribution in [3.8, 4) is 5.75 Å². The maximum Gasteiger partial charge on any atom is 0.123 e. The Morgan fingerprint density at radius 2 is 1.90 bits per heavy atom. The van der Waals surface area contributed by atoms with Crippen LogP contribution in [-0.4, -0.2) is 25.3 Å². The van der Waals surface area contributed by atoms with E-state index in [1.165, 1.54) is 12.1 Å². The molecule has 0 unspecified atom stereocenters. The Labute approximate surface area is 118 Å². The second kappa shape index (κ2) is 6.70. The van der Waals surface area contributed by atoms with Gasteiger partial charge >= 0.3 is 0 Å². The summed E-state index contributed by atoms with van der Waals surface area (Å²) in [5, 5.41) is 5.90. The zero-order valence-electron chi connectivity index (χ0n) is 11.6. The van der Waals surface area contributed by atoms with Crippen molar-refractivity contribution in [1.29, 1.82) is 0 Å². The first-order valence-corrected chi connectivity index (χ1v) is 6.32. The Morgan fingerprint density at radius 3 is 2.60 bits per heavy atom. The topological polar surface area (TPSA) is 24.8 Å². The van der Waals surface area contributed by atoms with Crippen molar-refractivity contribution in [3.63, 3.8) is 0 Å². The van der Waals surface area contributed by atoms with Crippen molar-refractivity contribution in [3.05, 3.63) is 65.5 Å². The van der Waals surface area contributed by atoms with E-state index in [1.54, 1.807) is 23.4 Å². The Morgan fingerprint density at radius 1 is 1.15 bits per heavy atom. The van der Waals surface area contributed by atoms with Crippen LogP contribution in [0.1, 0.15) is 11.1 Å². The van der Waals surface area contributed by atoms with E-state index < -0.39 is 0 Å². The minimum atomic E-state index is -0.240. The fourth-order valence-electron chi connectivity index (χ4n) is 1.61. The molecule has 0 aliphatic carbocycles. The third kappa shape index (κ3) is 4.39. The smallest absolute Gasteiger partial charge is 0.123 e. The molecule has 0 aliphatic heterocycles. The number of ether oxygens (including phenoxy) is 1. The molecule has 0 N–H and O–H groups in total. The van der Waals surface area contributed by atoms with Crippen molar-refractivity contribution in [1.82, 2.24) is 5.01 Å². The van der Waals surface area contributed by atoms with Crippen LogP contribution in [0, 0.1) is 5.82 Å². The summed E-state index contributed by atoms with van der Waals surface area (Å²) in [4.78, 5) is 0. The van der Waals surface area contributed by atoms with Gasteiger partial charge in [-0.2, -0.15) is 5.10 Å². The molecule has 20 heavy (non-hydrogen) atoms. The summed E-state index contributed by atoms with van der Waals surface area (Å²) < 4.78 is 18.5. The SMILES string of the molecule is CN(C)/N=C/c1cccc(OCc2ccc(F)cc2)c1. The summed E-state index contributed by atoms with van der Waals surface area (Å²) >= 11 is 0. The lowest BCUT2D eigenvalue weighted by molar-refractivity contribution is 0.306. The third-order valence-corrected chi connectivity index (χ3v) is 2.61. The number of hydrogen-bond acceptors (Lipinski definition) is 3. The average Bonchev–Trinajstić information content (AvgIpc) is 2.45. The van der Waals surface area contributed by atoms with Crippen molar-refractivity contribution < 1.29 is 9.13 Å². The first-order chi connectivity index (χ1) is 9.63. The van der Waals surface area contributed by atoms with Crippen molar-refractivity contribution >= 4 is 6.21 Å². The average molecular weight is 272 g/mol. The number of hydrazone groups is 1. The molecule has 0 radical (unpaired) electrons. The Bertz CT molecular complexity index is 579. The lowest BCUT2D eigenvalue weighted by Gasteiger charge is -2.07. The first-order valence-electron chi connectivity index (χ1n) is 6.32. The van der Waals surface area contributed by atoms with E-state index >= 15 is 0 Å². The highest BCUT2D eigenvalue weighted by atomic mass is 19.1. The van der Waals surface area contributed by atoms with Crippen LogP contribution in [0.5, 0.6) is 5.75 Å². The van der Waals surface area contributed by atoms with Crippen LogP contribution in [0.25, 0.3) is 0 Å². The Hall–Kier alpha value is -2.36. The van der Waals surface area contributed by atoms with Gasteiger partial charge in [0.25, 0.3) is 0 Å². The molecule has 2 rings (SSSR count). The number of halogens is 1. The van der Waals surface area contributed by atoms with Gasteiger partial charge in [0, 0.05) is 14.1 Å². The molecule has 0 aromatic heterocycles. The van der Waals surface area contributed by atoms with Crippen LogP contribution < -0.4 is 4.74 Å². The number of benzene rings is 2. The highest BCUT2D eigenvalue weighted by Crippen LogP contribution is 2.14. The third-order valence-electron chi connectivity index (χ3n) is 2.61. The van der Waals surface area contributed by atoms with Crippen molar-refractivity contribution in [2.75, 3.05) is 14.1 Å². The first kappa shape index (κ1) is 14.1. The number of nitrogens with zero attached hydrogens (tertiary/aromatic N) is 2. The quantitative estimate of drug-likeness (QED) is 0.616. The fraction of sp³-hybridized carbons (Fsp3) is 0.188. The van der Waals surface area contributed by atoms with Gasteiger partial charge in [-0.05, 0) is 35.4 Å². The van der Waals surface area contributed by atoms with Gasteiger partial charge in [0.05, 0.1) is 6.21 Å². The van der Waals surface area contributed by atoms with Crippen LogP contribution in [0.3, 0.4) is 0 Å². The van der Waals surface area contributed by atoms with Gasteiger partial charge < -0.3 is 9.75 Å². The molecule has 2 aromatic rings. The summed E-state index contributed by atoms with van der Waals surface area (Å²) in [5.74, 6) is 0.521. The van der Waals surface area contributed by atoms with E-state index in [-0.39, 0.29) is 5.82 Å². The summed E-state index contributed by atoms with van der Waals surface area (Å²) in [6.45, 7) is 0.411. The van der Waals surface area contributed by atoms with Gasteiger partial charge in [-0.3, -0.25) is 0 Å². The lowest BCUT2D eigenvalue weighted by atomic mass is 10.2. The highest BCUT2D eigenvalue weighted by Gasteiger charge is 1.98. The molecule has 0 saturated heterocycles. The summed E-state index contributed by atoms with van der Waals surface area (Å²) in [6, 6.07) is 14.0. The van der Waals surface area contributed by atoms with Crippen molar-refractivity contribution in [2.45, 2.75) is 6.61 Å². The van der Waals surface area contributed by atoms with Crippen LogP contribution >= 0.6 is 0 Å². The Balaban J connectivity index is 1.99. The number of hydrogen-bond donors (Lipinski definition) is 0. The standard InChI is InChI=1S/C16H17FN2O/c1-19(2)18-11-14-4-3-5-16(10-14)20-12-13-6-8-15(17)9-7-13/h3-11H,12H2,1-2H3/b18-11+. The summed E-state index contributed by atoms with van der Waals surface area (Å²) in [6.07, 6.45) is 1.77. The predicted molar refractivity (Wildman–Crippen MR) is 78.5 cm³/mol. The largest absolute Gasteiger partial charge is 0.489 e. The molecular weight excluding hydrogens is 255 g/mol. The van der Waals surface area contributed by atoms with E-state index in [4.69, 9.17) is 4.74 Å². The van der Waals surface area contributed by atoms with E-state index in [1.807, 2.05) is 38.4 Å². The van der Waals surface area contributed by atoms with Gasteiger partial charge in [0.15, 0.2) is 0 Å². The van der Waals surface area contributed by atoms with E-state index in [9.17, 15) is 4.39 Å². The van der Waals surface area contributed by atoms with Crippen LogP contribution in [0.2, 0.25) is 0 Å². The minimum absolute atomic E-state index is 0.240. The molecule has 4 heteroatoms. The zero-order chi connectivity index (χ0) is 14.4. The molecular formula is C16H17FN2O. The summed E-state index contributed by atoms with van der Waals surface area (Å²) in [5.41, 5.74) is 1.90. The van der Waals surface area contributed by atoms with E-state index in [0.29, 0.717) is 6.61 Å². The van der Waals surface area contributed by atoms with Gasteiger partial charge in [-0.15, -0.1) is 0 Å². The Kier molecular flexibility index (Phi) is 4.71. The fourth-order valence-corrected chi connectivity index (χ4v) is 1.61. The second-order valence-corrected chi connectivity index (χ2v) is 4.58. The molecule has 0 spiro atoms. The van der Waals surface area contributed by atoms with Crippen LogP contribution in [0.15, 0.2) is 53.6 Å². The van der Waals surface area contributed by atoms with Gasteiger partial charge in [-0.25, -0.2) is 4.39 Å². The second-order valence-electron chi connectivity index (χ2n) is 4.58. The molecule has 0 bridgehead atoms. The molecule has 0 amide bonds. The molecule has 0 atom stereocenters. The van der Waals surface area contributed by atoms with Gasteiger partial charge in [0.1, 0.15) is 18.2 Å². The maximum absolute atomic E-state index is 12.8. The van der Waals surface area contributed by atoms with Gasteiger partial charge in [-0.1, -0.05) is 24.3 Å². The molecule has 0 heterocycles. The molecule has 0 aliphatic rings. The highest BCUT2D eigenvalue weighted by molar-refractivity contribution is 5.79. The minimum Gasteiger partial charge on any atom is -0.489 e. The molecule has 2 aromatic carbocycles. The molecule has 3 nitrogen and oxygen atoms in total. The molecule has 0 fully saturated rings. The molecule has 0 saturated carbocycles. The lowest BCUT2D eigenvalue weighted by Crippen LogP contribution is -2.02. The maximum atomic E-state index is 12.8. The van der Waals surface area contributed by atoms with E-state index in [2.05, 4.69) is 5.10 Å². The van der Waals surface area contributed by atoms with E-state index in [0.717, 1.165) is 16.9 Å². The van der Waals surface area contributed by atoms with Crippen molar-refractivity contribution in [2.24, 2.45) is 5.10 Å². The summed E-state index contributed by atoms with van der Waals surface area (Å²) in [7, 11) is 3.73. The van der Waals surface area contributed by atoms with Gasteiger partial charge in [0.2, 0.25) is 0 Å². The predicted octanol–water partition coefficient (Wildman–Crippen LogP) is 3.30. The number of rotatable bonds is 5. The molecule has 104 valence electrons. The van der Waals surface area contributed by atoms with Crippen LogP contribution in [-0.2, 0) is 6.61 Å².